The van der Waals surface area contributed by atoms with Crippen molar-refractivity contribution in [3.05, 3.63) is 34.9 Å². The molecule has 1 aliphatic carbocycles. The first-order valence-electron chi connectivity index (χ1n) is 7.89. The molecule has 1 unspecified atom stereocenters. The van der Waals surface area contributed by atoms with Crippen LogP contribution in [0.4, 0.5) is 0 Å². The Morgan fingerprint density at radius 1 is 1.05 bits per heavy atom. The fourth-order valence-corrected chi connectivity index (χ4v) is 3.27. The Bertz CT molecular complexity index is 389. The van der Waals surface area contributed by atoms with Crippen molar-refractivity contribution in [2.45, 2.75) is 71.3 Å². The van der Waals surface area contributed by atoms with E-state index in [2.05, 4.69) is 32.0 Å². The van der Waals surface area contributed by atoms with Crippen molar-refractivity contribution >= 4 is 0 Å². The van der Waals surface area contributed by atoms with Crippen LogP contribution in [0.3, 0.4) is 0 Å². The van der Waals surface area contributed by atoms with E-state index in [-0.39, 0.29) is 6.10 Å². The summed E-state index contributed by atoms with van der Waals surface area (Å²) in [7, 11) is 0. The van der Waals surface area contributed by atoms with Crippen molar-refractivity contribution in [1.29, 1.82) is 0 Å². The lowest BCUT2D eigenvalue weighted by Gasteiger charge is -2.19. The second-order valence-corrected chi connectivity index (χ2v) is 6.37. The third kappa shape index (κ3) is 4.65. The molecule has 0 radical (unpaired) electrons. The summed E-state index contributed by atoms with van der Waals surface area (Å²) >= 11 is 0. The topological polar surface area (TPSA) is 20.2 Å². The van der Waals surface area contributed by atoms with Crippen LogP contribution in [0.1, 0.15) is 61.6 Å². The highest BCUT2D eigenvalue weighted by Gasteiger charge is 2.17. The maximum Gasteiger partial charge on any atom is 0.0583 e. The van der Waals surface area contributed by atoms with Crippen molar-refractivity contribution in [1.82, 2.24) is 0 Å². The molecule has 0 bridgehead atoms. The van der Waals surface area contributed by atoms with Crippen molar-refractivity contribution in [3.63, 3.8) is 0 Å². The minimum Gasteiger partial charge on any atom is -0.393 e. The molecule has 1 aliphatic rings. The molecule has 1 heteroatoms. The second-order valence-electron chi connectivity index (χ2n) is 6.37. The van der Waals surface area contributed by atoms with Crippen LogP contribution >= 0.6 is 0 Å². The van der Waals surface area contributed by atoms with E-state index in [0.717, 1.165) is 18.8 Å². The quantitative estimate of drug-likeness (QED) is 0.786. The first kappa shape index (κ1) is 14.6. The van der Waals surface area contributed by atoms with Gasteiger partial charge in [0.2, 0.25) is 0 Å². The number of aliphatic hydroxyl groups excluding tert-OH is 1. The Labute approximate surface area is 118 Å². The maximum atomic E-state index is 10.3. The molecule has 1 atom stereocenters. The molecule has 0 aliphatic heterocycles. The molecule has 1 aromatic rings. The molecule has 1 nitrogen and oxygen atoms in total. The van der Waals surface area contributed by atoms with Crippen LogP contribution in [0.5, 0.6) is 0 Å². The van der Waals surface area contributed by atoms with Gasteiger partial charge in [0.05, 0.1) is 6.10 Å². The van der Waals surface area contributed by atoms with Gasteiger partial charge >= 0.3 is 0 Å². The van der Waals surface area contributed by atoms with Gasteiger partial charge in [-0.2, -0.15) is 0 Å². The molecule has 0 saturated heterocycles. The van der Waals surface area contributed by atoms with Crippen LogP contribution in [-0.4, -0.2) is 11.2 Å². The van der Waals surface area contributed by atoms with Gasteiger partial charge < -0.3 is 5.11 Å². The average molecular weight is 260 g/mol. The first-order chi connectivity index (χ1) is 9.15. The fraction of sp³-hybridized carbons (Fsp3) is 0.667. The van der Waals surface area contributed by atoms with E-state index in [1.807, 2.05) is 0 Å². The third-order valence-electron chi connectivity index (χ3n) is 4.62. The lowest BCUT2D eigenvalue weighted by molar-refractivity contribution is 0.137. The number of benzene rings is 1. The Hall–Kier alpha value is -0.820. The lowest BCUT2D eigenvalue weighted by atomic mass is 9.91. The molecule has 0 heterocycles. The normalized spacial score (nSPS) is 19.1. The Morgan fingerprint density at radius 2 is 1.74 bits per heavy atom. The van der Waals surface area contributed by atoms with Gasteiger partial charge in [-0.15, -0.1) is 0 Å². The molecule has 0 amide bonds. The molecule has 1 N–H and O–H groups in total. The zero-order valence-corrected chi connectivity index (χ0v) is 12.5. The molecule has 0 spiro atoms. The zero-order valence-electron chi connectivity index (χ0n) is 12.5. The van der Waals surface area contributed by atoms with Gasteiger partial charge in [-0.05, 0) is 49.3 Å². The molecule has 2 rings (SSSR count). The molecule has 1 aromatic carbocycles. The minimum atomic E-state index is -0.162. The third-order valence-corrected chi connectivity index (χ3v) is 4.62. The van der Waals surface area contributed by atoms with Crippen LogP contribution in [0.25, 0.3) is 0 Å². The minimum absolute atomic E-state index is 0.162. The number of hydrogen-bond acceptors (Lipinski definition) is 1. The highest BCUT2D eigenvalue weighted by atomic mass is 16.3. The predicted octanol–water partition coefficient (Wildman–Crippen LogP) is 4.57. The number of aliphatic hydroxyl groups is 1. The Balaban J connectivity index is 1.85. The molecular formula is C18H28O. The number of hydrogen-bond donors (Lipinski definition) is 1. The van der Waals surface area contributed by atoms with E-state index in [9.17, 15) is 5.11 Å². The molecular weight excluding hydrogens is 232 g/mol. The average Bonchev–Trinajstić information content (AvgIpc) is 2.62. The summed E-state index contributed by atoms with van der Waals surface area (Å²) in [5.41, 5.74) is 3.95. The summed E-state index contributed by atoms with van der Waals surface area (Å²) in [6.07, 6.45) is 9.80. The molecule has 106 valence electrons. The molecule has 1 saturated carbocycles. The van der Waals surface area contributed by atoms with Crippen LogP contribution in [0.15, 0.2) is 18.2 Å². The van der Waals surface area contributed by atoms with E-state index < -0.39 is 0 Å². The van der Waals surface area contributed by atoms with Crippen molar-refractivity contribution in [2.75, 3.05) is 0 Å². The summed E-state index contributed by atoms with van der Waals surface area (Å²) in [6, 6.07) is 6.56. The molecule has 0 aromatic heterocycles. The van der Waals surface area contributed by atoms with Crippen molar-refractivity contribution < 1.29 is 5.11 Å². The van der Waals surface area contributed by atoms with Crippen LogP contribution in [0.2, 0.25) is 0 Å². The molecule has 19 heavy (non-hydrogen) atoms. The standard InChI is InChI=1S/C18H28O/c1-14-9-10-17(11-15(14)2)13-18(19)12-16-7-5-3-4-6-8-16/h9-11,16,18-19H,3-8,12-13H2,1-2H3. The smallest absolute Gasteiger partial charge is 0.0583 e. The summed E-state index contributed by atoms with van der Waals surface area (Å²) in [5, 5.41) is 10.3. The fourth-order valence-electron chi connectivity index (χ4n) is 3.27. The monoisotopic (exact) mass is 260 g/mol. The second kappa shape index (κ2) is 7.09. The summed E-state index contributed by atoms with van der Waals surface area (Å²) in [5.74, 6) is 0.754. The van der Waals surface area contributed by atoms with Crippen molar-refractivity contribution in [2.24, 2.45) is 5.92 Å². The van der Waals surface area contributed by atoms with Crippen LogP contribution in [-0.2, 0) is 6.42 Å². The molecule has 1 fully saturated rings. The van der Waals surface area contributed by atoms with Gasteiger partial charge in [-0.25, -0.2) is 0 Å². The largest absolute Gasteiger partial charge is 0.393 e. The zero-order chi connectivity index (χ0) is 13.7. The van der Waals surface area contributed by atoms with E-state index in [1.54, 1.807) is 0 Å². The highest BCUT2D eigenvalue weighted by molar-refractivity contribution is 5.30. The number of rotatable bonds is 4. The number of aryl methyl sites for hydroxylation is 2. The van der Waals surface area contributed by atoms with E-state index in [0.29, 0.717) is 0 Å². The van der Waals surface area contributed by atoms with E-state index in [1.165, 1.54) is 55.2 Å². The lowest BCUT2D eigenvalue weighted by Crippen LogP contribution is -2.16. The van der Waals surface area contributed by atoms with Gasteiger partial charge in [0.1, 0.15) is 0 Å². The first-order valence-corrected chi connectivity index (χ1v) is 7.89. The van der Waals surface area contributed by atoms with Gasteiger partial charge in [0.25, 0.3) is 0 Å². The predicted molar refractivity (Wildman–Crippen MR) is 81.4 cm³/mol. The summed E-state index contributed by atoms with van der Waals surface area (Å²) in [4.78, 5) is 0. The van der Waals surface area contributed by atoms with E-state index in [4.69, 9.17) is 0 Å². The summed E-state index contributed by atoms with van der Waals surface area (Å²) in [6.45, 7) is 4.29. The van der Waals surface area contributed by atoms with Gasteiger partial charge in [-0.3, -0.25) is 0 Å². The SMILES string of the molecule is Cc1ccc(CC(O)CC2CCCCCC2)cc1C. The van der Waals surface area contributed by atoms with Gasteiger partial charge in [0, 0.05) is 0 Å². The van der Waals surface area contributed by atoms with Gasteiger partial charge in [0.15, 0.2) is 0 Å². The van der Waals surface area contributed by atoms with Crippen LogP contribution < -0.4 is 0 Å². The Morgan fingerprint density at radius 3 is 2.37 bits per heavy atom. The van der Waals surface area contributed by atoms with Crippen LogP contribution in [0, 0.1) is 19.8 Å². The van der Waals surface area contributed by atoms with E-state index >= 15 is 0 Å². The highest BCUT2D eigenvalue weighted by Crippen LogP contribution is 2.27. The Kier molecular flexibility index (Phi) is 5.45. The maximum absolute atomic E-state index is 10.3. The van der Waals surface area contributed by atoms with Gasteiger partial charge in [-0.1, -0.05) is 56.7 Å². The summed E-state index contributed by atoms with van der Waals surface area (Å²) < 4.78 is 0. The van der Waals surface area contributed by atoms with Crippen molar-refractivity contribution in [3.8, 4) is 0 Å².